The molecular formula is C10H7BrF2N2O. The zero-order valence-electron chi connectivity index (χ0n) is 8.22. The lowest BCUT2D eigenvalue weighted by Crippen LogP contribution is -2.13. The number of hydrogen-bond donors (Lipinski definition) is 1. The number of hydrogen-bond acceptors (Lipinski definition) is 2. The molecule has 0 atom stereocenters. The van der Waals surface area contributed by atoms with Crippen LogP contribution in [-0.2, 0) is 0 Å². The summed E-state index contributed by atoms with van der Waals surface area (Å²) in [6.07, 6.45) is -1.29. The lowest BCUT2D eigenvalue weighted by atomic mass is 10.1. The monoisotopic (exact) mass is 288 g/mol. The maximum absolute atomic E-state index is 12.8. The normalized spacial score (nSPS) is 11.3. The fourth-order valence-corrected chi connectivity index (χ4v) is 1.86. The maximum Gasteiger partial charge on any atom is 0.266 e. The van der Waals surface area contributed by atoms with Crippen LogP contribution >= 0.6 is 15.9 Å². The van der Waals surface area contributed by atoms with E-state index in [9.17, 15) is 13.6 Å². The van der Waals surface area contributed by atoms with Crippen LogP contribution in [0.25, 0.3) is 11.0 Å². The minimum Gasteiger partial charge on any atom is -0.320 e. The van der Waals surface area contributed by atoms with E-state index in [1.165, 1.54) is 13.1 Å². The molecule has 0 saturated carbocycles. The Balaban J connectivity index is 2.94. The Labute approximate surface area is 97.6 Å². The van der Waals surface area contributed by atoms with Crippen LogP contribution in [0.4, 0.5) is 8.78 Å². The molecule has 2 heterocycles. The van der Waals surface area contributed by atoms with Crippen LogP contribution in [0.3, 0.4) is 0 Å². The fraction of sp³-hybridized carbons (Fsp3) is 0.200. The van der Waals surface area contributed by atoms with Gasteiger partial charge in [0.1, 0.15) is 0 Å². The van der Waals surface area contributed by atoms with Crippen LogP contribution < -0.4 is 5.56 Å². The standard InChI is InChI=1S/C10H7BrF2N2O/c1-4-7(9(12)13)8-6(15-10(4)16)2-5(11)3-14-8/h2-3,9H,1H3,(H,15,16). The lowest BCUT2D eigenvalue weighted by molar-refractivity contribution is 0.152. The summed E-state index contributed by atoms with van der Waals surface area (Å²) >= 11 is 3.17. The molecule has 3 nitrogen and oxygen atoms in total. The minimum atomic E-state index is -2.71. The molecule has 0 saturated heterocycles. The van der Waals surface area contributed by atoms with Crippen LogP contribution in [0.1, 0.15) is 17.6 Å². The van der Waals surface area contributed by atoms with Crippen molar-refractivity contribution in [3.05, 3.63) is 38.2 Å². The van der Waals surface area contributed by atoms with Crippen molar-refractivity contribution >= 4 is 27.0 Å². The van der Waals surface area contributed by atoms with E-state index in [2.05, 4.69) is 25.9 Å². The van der Waals surface area contributed by atoms with Crippen molar-refractivity contribution in [1.29, 1.82) is 0 Å². The predicted molar refractivity (Wildman–Crippen MR) is 59.8 cm³/mol. The fourth-order valence-electron chi connectivity index (χ4n) is 1.53. The van der Waals surface area contributed by atoms with Gasteiger partial charge in [-0.3, -0.25) is 9.78 Å². The zero-order chi connectivity index (χ0) is 11.9. The van der Waals surface area contributed by atoms with Crippen LogP contribution in [0.2, 0.25) is 0 Å². The van der Waals surface area contributed by atoms with Crippen LogP contribution in [0.15, 0.2) is 21.5 Å². The summed E-state index contributed by atoms with van der Waals surface area (Å²) in [6.45, 7) is 1.36. The molecule has 0 aliphatic carbocycles. The molecule has 0 unspecified atom stereocenters. The van der Waals surface area contributed by atoms with Gasteiger partial charge in [-0.15, -0.1) is 0 Å². The number of fused-ring (bicyclic) bond motifs is 1. The number of rotatable bonds is 1. The highest BCUT2D eigenvalue weighted by Gasteiger charge is 2.18. The molecule has 1 N–H and O–H groups in total. The summed E-state index contributed by atoms with van der Waals surface area (Å²) in [5.74, 6) is 0. The van der Waals surface area contributed by atoms with E-state index < -0.39 is 12.0 Å². The average molecular weight is 289 g/mol. The Morgan fingerprint density at radius 3 is 2.81 bits per heavy atom. The Hall–Kier alpha value is -1.30. The van der Waals surface area contributed by atoms with Crippen LogP contribution in [0, 0.1) is 6.92 Å². The second kappa shape index (κ2) is 3.93. The SMILES string of the molecule is Cc1c(C(F)F)c2ncc(Br)cc2[nH]c1=O. The first-order valence-corrected chi connectivity index (χ1v) is 5.26. The number of aromatic nitrogens is 2. The van der Waals surface area contributed by atoms with Crippen molar-refractivity contribution in [2.24, 2.45) is 0 Å². The van der Waals surface area contributed by atoms with E-state index in [1.54, 1.807) is 6.07 Å². The zero-order valence-corrected chi connectivity index (χ0v) is 9.81. The number of nitrogens with zero attached hydrogens (tertiary/aromatic N) is 1. The highest BCUT2D eigenvalue weighted by Crippen LogP contribution is 2.27. The van der Waals surface area contributed by atoms with Gasteiger partial charge in [-0.2, -0.15) is 0 Å². The Bertz CT molecular complexity index is 610. The van der Waals surface area contributed by atoms with Gasteiger partial charge < -0.3 is 4.98 Å². The number of H-pyrrole nitrogens is 1. The number of pyridine rings is 2. The van der Waals surface area contributed by atoms with Crippen molar-refractivity contribution < 1.29 is 8.78 Å². The first kappa shape index (κ1) is 11.2. The molecule has 2 aromatic rings. The van der Waals surface area contributed by atoms with Gasteiger partial charge in [-0.25, -0.2) is 8.78 Å². The Morgan fingerprint density at radius 1 is 1.50 bits per heavy atom. The molecule has 0 bridgehead atoms. The summed E-state index contributed by atoms with van der Waals surface area (Å²) < 4.78 is 26.3. The summed E-state index contributed by atoms with van der Waals surface area (Å²) in [5, 5.41) is 0. The van der Waals surface area contributed by atoms with Gasteiger partial charge in [0.25, 0.3) is 12.0 Å². The topological polar surface area (TPSA) is 45.8 Å². The molecule has 0 aliphatic rings. The predicted octanol–water partition coefficient (Wildman–Crippen LogP) is 2.93. The van der Waals surface area contributed by atoms with Gasteiger partial charge >= 0.3 is 0 Å². The second-order valence-electron chi connectivity index (χ2n) is 3.34. The summed E-state index contributed by atoms with van der Waals surface area (Å²) in [4.78, 5) is 17.9. The highest BCUT2D eigenvalue weighted by molar-refractivity contribution is 9.10. The number of alkyl halides is 2. The van der Waals surface area contributed by atoms with E-state index in [4.69, 9.17) is 0 Å². The summed E-state index contributed by atoms with van der Waals surface area (Å²) in [6, 6.07) is 1.55. The van der Waals surface area contributed by atoms with Gasteiger partial charge in [0.15, 0.2) is 0 Å². The third kappa shape index (κ3) is 1.73. The molecule has 0 fully saturated rings. The van der Waals surface area contributed by atoms with Gasteiger partial charge in [-0.05, 0) is 28.9 Å². The van der Waals surface area contributed by atoms with Gasteiger partial charge in [-0.1, -0.05) is 0 Å². The van der Waals surface area contributed by atoms with Crippen molar-refractivity contribution in [3.8, 4) is 0 Å². The molecule has 0 aromatic carbocycles. The average Bonchev–Trinajstić information content (AvgIpc) is 2.19. The molecule has 2 aromatic heterocycles. The van der Waals surface area contributed by atoms with E-state index in [1.807, 2.05) is 0 Å². The molecular weight excluding hydrogens is 282 g/mol. The first-order valence-electron chi connectivity index (χ1n) is 4.47. The van der Waals surface area contributed by atoms with E-state index in [-0.39, 0.29) is 16.6 Å². The molecule has 0 amide bonds. The number of nitrogens with one attached hydrogen (secondary N) is 1. The molecule has 0 aliphatic heterocycles. The summed E-state index contributed by atoms with van der Waals surface area (Å²) in [5.41, 5.74) is -0.359. The van der Waals surface area contributed by atoms with Crippen molar-refractivity contribution in [2.75, 3.05) is 0 Å². The van der Waals surface area contributed by atoms with Crippen LogP contribution in [-0.4, -0.2) is 9.97 Å². The first-order chi connectivity index (χ1) is 7.50. The van der Waals surface area contributed by atoms with Crippen molar-refractivity contribution in [1.82, 2.24) is 9.97 Å². The van der Waals surface area contributed by atoms with Crippen molar-refractivity contribution in [3.63, 3.8) is 0 Å². The molecule has 6 heteroatoms. The molecule has 0 radical (unpaired) electrons. The second-order valence-corrected chi connectivity index (χ2v) is 4.26. The van der Waals surface area contributed by atoms with E-state index >= 15 is 0 Å². The Morgan fingerprint density at radius 2 is 2.19 bits per heavy atom. The Kier molecular flexibility index (Phi) is 2.75. The van der Waals surface area contributed by atoms with Gasteiger partial charge in [0.2, 0.25) is 0 Å². The number of aromatic amines is 1. The highest BCUT2D eigenvalue weighted by atomic mass is 79.9. The maximum atomic E-state index is 12.8. The van der Waals surface area contributed by atoms with Gasteiger partial charge in [0.05, 0.1) is 16.6 Å². The molecule has 16 heavy (non-hydrogen) atoms. The third-order valence-electron chi connectivity index (χ3n) is 2.32. The minimum absolute atomic E-state index is 0.0114. The van der Waals surface area contributed by atoms with Crippen molar-refractivity contribution in [2.45, 2.75) is 13.3 Å². The number of halogens is 3. The largest absolute Gasteiger partial charge is 0.320 e. The lowest BCUT2D eigenvalue weighted by Gasteiger charge is -2.07. The van der Waals surface area contributed by atoms with E-state index in [0.717, 1.165) is 0 Å². The summed E-state index contributed by atoms with van der Waals surface area (Å²) in [7, 11) is 0. The molecule has 2 rings (SSSR count). The third-order valence-corrected chi connectivity index (χ3v) is 2.75. The molecule has 0 spiro atoms. The molecule has 84 valence electrons. The smallest absolute Gasteiger partial charge is 0.266 e. The van der Waals surface area contributed by atoms with Crippen LogP contribution in [0.5, 0.6) is 0 Å². The van der Waals surface area contributed by atoms with Gasteiger partial charge in [0, 0.05) is 16.2 Å². The quantitative estimate of drug-likeness (QED) is 0.877. The van der Waals surface area contributed by atoms with E-state index in [0.29, 0.717) is 9.99 Å².